The highest BCUT2D eigenvalue weighted by Crippen LogP contribution is 2.18. The van der Waals surface area contributed by atoms with Crippen molar-refractivity contribution in [1.29, 1.82) is 0 Å². The third-order valence-electron chi connectivity index (χ3n) is 15.8. The second-order valence-corrected chi connectivity index (χ2v) is 23.8. The summed E-state index contributed by atoms with van der Waals surface area (Å²) >= 11 is 0. The Morgan fingerprint density at radius 1 is 0.266 bits per heavy atom. The Balaban J connectivity index is 4.24. The minimum absolute atomic E-state index is 0.0784. The summed E-state index contributed by atoms with van der Waals surface area (Å²) in [5.41, 5.74) is 0. The lowest BCUT2D eigenvalue weighted by Crippen LogP contribution is -2.30. The SMILES string of the molecule is CC/C=C\C/C=C\C/C=C\CCCCCC(=O)OCC(COC(=O)CCCCCCCCCCCCCCC/C=C\CCCCCCCCCC)OC(=O)CCCCCCCCCCCCCCCCCCCCCCCCC. The highest BCUT2D eigenvalue weighted by atomic mass is 16.6. The van der Waals surface area contributed by atoms with Crippen molar-refractivity contribution in [2.45, 2.75) is 386 Å². The van der Waals surface area contributed by atoms with Gasteiger partial charge < -0.3 is 14.2 Å². The van der Waals surface area contributed by atoms with Crippen LogP contribution in [0.2, 0.25) is 0 Å². The first-order valence-electron chi connectivity index (χ1n) is 35.1. The maximum atomic E-state index is 12.9. The monoisotopic (exact) mass is 1110 g/mol. The zero-order valence-electron chi connectivity index (χ0n) is 53.2. The van der Waals surface area contributed by atoms with Crippen LogP contribution in [0, 0.1) is 0 Å². The molecular weight excluding hydrogens is 973 g/mol. The molecular formula is C73H134O6. The van der Waals surface area contributed by atoms with Crippen LogP contribution in [0.3, 0.4) is 0 Å². The maximum Gasteiger partial charge on any atom is 0.306 e. The average molecular weight is 1110 g/mol. The van der Waals surface area contributed by atoms with Crippen LogP contribution in [0.15, 0.2) is 48.6 Å². The number of allylic oxidation sites excluding steroid dienone is 8. The number of rotatable bonds is 65. The van der Waals surface area contributed by atoms with Crippen molar-refractivity contribution >= 4 is 17.9 Å². The molecule has 79 heavy (non-hydrogen) atoms. The van der Waals surface area contributed by atoms with Crippen molar-refractivity contribution in [3.05, 3.63) is 48.6 Å². The summed E-state index contributed by atoms with van der Waals surface area (Å²) in [4.78, 5) is 38.4. The molecule has 0 N–H and O–H groups in total. The highest BCUT2D eigenvalue weighted by Gasteiger charge is 2.19. The van der Waals surface area contributed by atoms with Gasteiger partial charge in [0.15, 0.2) is 6.10 Å². The predicted octanol–water partition coefficient (Wildman–Crippen LogP) is 24.1. The molecule has 0 fully saturated rings. The molecule has 0 aliphatic rings. The van der Waals surface area contributed by atoms with E-state index in [1.807, 2.05) is 0 Å². The first-order valence-corrected chi connectivity index (χ1v) is 35.1. The molecule has 0 aliphatic heterocycles. The van der Waals surface area contributed by atoms with Crippen LogP contribution >= 0.6 is 0 Å². The van der Waals surface area contributed by atoms with Crippen molar-refractivity contribution in [1.82, 2.24) is 0 Å². The zero-order valence-corrected chi connectivity index (χ0v) is 53.2. The van der Waals surface area contributed by atoms with Gasteiger partial charge in [-0.15, -0.1) is 0 Å². The molecule has 0 radical (unpaired) electrons. The van der Waals surface area contributed by atoms with Crippen molar-refractivity contribution in [3.8, 4) is 0 Å². The summed E-state index contributed by atoms with van der Waals surface area (Å²) in [7, 11) is 0. The summed E-state index contributed by atoms with van der Waals surface area (Å²) in [6, 6.07) is 0. The summed E-state index contributed by atoms with van der Waals surface area (Å²) in [6.45, 7) is 6.57. The van der Waals surface area contributed by atoms with E-state index in [0.717, 1.165) is 83.5 Å². The maximum absolute atomic E-state index is 12.9. The van der Waals surface area contributed by atoms with E-state index in [0.29, 0.717) is 19.3 Å². The fourth-order valence-electron chi connectivity index (χ4n) is 10.6. The number of esters is 3. The Labute approximate surface area is 492 Å². The third kappa shape index (κ3) is 66.1. The number of hydrogen-bond acceptors (Lipinski definition) is 6. The van der Waals surface area contributed by atoms with Crippen LogP contribution in [0.5, 0.6) is 0 Å². The van der Waals surface area contributed by atoms with Gasteiger partial charge in [-0.25, -0.2) is 0 Å². The lowest BCUT2D eigenvalue weighted by Gasteiger charge is -2.18. The molecule has 1 unspecified atom stereocenters. The number of unbranched alkanes of at least 4 members (excludes halogenated alkanes) is 46. The van der Waals surface area contributed by atoms with Crippen LogP contribution < -0.4 is 0 Å². The molecule has 0 aliphatic carbocycles. The average Bonchev–Trinajstić information content (AvgIpc) is 3.45. The van der Waals surface area contributed by atoms with E-state index in [1.165, 1.54) is 257 Å². The lowest BCUT2D eigenvalue weighted by atomic mass is 10.0. The second kappa shape index (κ2) is 67.9. The van der Waals surface area contributed by atoms with E-state index >= 15 is 0 Å². The van der Waals surface area contributed by atoms with E-state index in [4.69, 9.17) is 14.2 Å². The second-order valence-electron chi connectivity index (χ2n) is 23.8. The van der Waals surface area contributed by atoms with E-state index in [2.05, 4.69) is 69.4 Å². The first kappa shape index (κ1) is 76.4. The van der Waals surface area contributed by atoms with Gasteiger partial charge in [-0.3, -0.25) is 14.4 Å². The van der Waals surface area contributed by atoms with Gasteiger partial charge >= 0.3 is 17.9 Å². The van der Waals surface area contributed by atoms with Crippen molar-refractivity contribution < 1.29 is 28.6 Å². The van der Waals surface area contributed by atoms with Crippen LogP contribution in [0.1, 0.15) is 380 Å². The Hall–Kier alpha value is -2.63. The molecule has 0 bridgehead atoms. The fraction of sp³-hybridized carbons (Fsp3) is 0.849. The molecule has 0 aromatic rings. The first-order chi connectivity index (χ1) is 39.0. The summed E-state index contributed by atoms with van der Waals surface area (Å²) < 4.78 is 17.0. The van der Waals surface area contributed by atoms with Gasteiger partial charge in [0.05, 0.1) is 0 Å². The molecule has 0 aromatic carbocycles. The topological polar surface area (TPSA) is 78.9 Å². The molecule has 0 aromatic heterocycles. The van der Waals surface area contributed by atoms with E-state index in [9.17, 15) is 14.4 Å². The smallest absolute Gasteiger partial charge is 0.306 e. The van der Waals surface area contributed by atoms with Crippen molar-refractivity contribution in [2.75, 3.05) is 13.2 Å². The summed E-state index contributed by atoms with van der Waals surface area (Å²) in [5.74, 6) is -0.883. The Morgan fingerprint density at radius 3 is 0.797 bits per heavy atom. The Bertz CT molecular complexity index is 1360. The number of carbonyl (C=O) groups is 3. The zero-order chi connectivity index (χ0) is 57.1. The standard InChI is InChI=1S/C73H134O6/c1-4-7-10-13-16-19-22-25-27-29-31-33-35-36-38-39-41-43-45-48-51-54-57-60-63-66-72(75)78-69-70(68-77-71(74)65-62-59-56-53-50-47-24-21-18-15-12-9-6-3)79-73(76)67-64-61-58-55-52-49-46-44-42-40-37-34-32-30-28-26-23-20-17-14-11-8-5-2/h9,12,18,21,29,31,47,50,70H,4-8,10-11,13-17,19-20,22-28,30,32-46,48-49,51-69H2,1-3H3/b12-9-,21-18-,31-29-,50-47-. The van der Waals surface area contributed by atoms with Crippen molar-refractivity contribution in [3.63, 3.8) is 0 Å². The summed E-state index contributed by atoms with van der Waals surface area (Å²) in [6.07, 6.45) is 85.8. The molecule has 6 heteroatoms. The fourth-order valence-corrected chi connectivity index (χ4v) is 10.6. The van der Waals surface area contributed by atoms with Gasteiger partial charge in [0, 0.05) is 19.3 Å². The van der Waals surface area contributed by atoms with Gasteiger partial charge in [-0.05, 0) is 77.0 Å². The molecule has 0 heterocycles. The minimum Gasteiger partial charge on any atom is -0.462 e. The van der Waals surface area contributed by atoms with Gasteiger partial charge in [0.2, 0.25) is 0 Å². The van der Waals surface area contributed by atoms with Gasteiger partial charge in [0.1, 0.15) is 13.2 Å². The van der Waals surface area contributed by atoms with E-state index < -0.39 is 6.10 Å². The largest absolute Gasteiger partial charge is 0.462 e. The highest BCUT2D eigenvalue weighted by molar-refractivity contribution is 5.71. The summed E-state index contributed by atoms with van der Waals surface area (Å²) in [5, 5.41) is 0. The predicted molar refractivity (Wildman–Crippen MR) is 344 cm³/mol. The normalized spacial score (nSPS) is 12.3. The molecule has 1 atom stereocenters. The Kier molecular flexibility index (Phi) is 65.6. The molecule has 0 amide bonds. The minimum atomic E-state index is -0.784. The lowest BCUT2D eigenvalue weighted by molar-refractivity contribution is -0.167. The van der Waals surface area contributed by atoms with E-state index in [-0.39, 0.29) is 31.1 Å². The molecule has 0 saturated heterocycles. The Morgan fingerprint density at radius 2 is 0.494 bits per heavy atom. The molecule has 6 nitrogen and oxygen atoms in total. The number of carbonyl (C=O) groups excluding carboxylic acids is 3. The third-order valence-corrected chi connectivity index (χ3v) is 15.8. The van der Waals surface area contributed by atoms with Gasteiger partial charge in [-0.1, -0.05) is 333 Å². The number of hydrogen-bond donors (Lipinski definition) is 0. The van der Waals surface area contributed by atoms with Crippen LogP contribution in [-0.4, -0.2) is 37.2 Å². The molecule has 0 saturated carbocycles. The van der Waals surface area contributed by atoms with Crippen LogP contribution in [-0.2, 0) is 28.6 Å². The molecule has 0 spiro atoms. The number of ether oxygens (including phenoxy) is 3. The quantitative estimate of drug-likeness (QED) is 0.0261. The van der Waals surface area contributed by atoms with Crippen LogP contribution in [0.4, 0.5) is 0 Å². The molecule has 0 rings (SSSR count). The van der Waals surface area contributed by atoms with Gasteiger partial charge in [0.25, 0.3) is 0 Å². The van der Waals surface area contributed by atoms with Crippen LogP contribution in [0.25, 0.3) is 0 Å². The van der Waals surface area contributed by atoms with Crippen molar-refractivity contribution in [2.24, 2.45) is 0 Å². The molecule has 462 valence electrons. The van der Waals surface area contributed by atoms with E-state index in [1.54, 1.807) is 0 Å². The van der Waals surface area contributed by atoms with Gasteiger partial charge in [-0.2, -0.15) is 0 Å².